The molecule has 0 radical (unpaired) electrons. The van der Waals surface area contributed by atoms with E-state index in [-0.39, 0.29) is 41.2 Å². The fourth-order valence-corrected chi connectivity index (χ4v) is 5.03. The first-order valence-corrected chi connectivity index (χ1v) is 13.0. The molecule has 4 heterocycles. The summed E-state index contributed by atoms with van der Waals surface area (Å²) < 4.78 is 70.3. The maximum absolute atomic E-state index is 13.9. The van der Waals surface area contributed by atoms with Gasteiger partial charge in [-0.05, 0) is 37.6 Å². The molecule has 1 amide bonds. The Morgan fingerprint density at radius 2 is 1.85 bits per heavy atom. The Bertz CT molecular complexity index is 1650. The third-order valence-electron chi connectivity index (χ3n) is 6.92. The highest BCUT2D eigenvalue weighted by molar-refractivity contribution is 6.29. The minimum absolute atomic E-state index is 0.0160. The van der Waals surface area contributed by atoms with E-state index in [4.69, 9.17) is 16.6 Å². The Morgan fingerprint density at radius 3 is 2.49 bits per heavy atom. The number of aryl methyl sites for hydroxylation is 1. The molecule has 41 heavy (non-hydrogen) atoms. The highest BCUT2D eigenvalue weighted by Gasteiger charge is 2.38. The molecule has 0 aliphatic carbocycles. The fourth-order valence-electron chi connectivity index (χ4n) is 4.88. The number of carbonyl (C=O) groups is 1. The summed E-state index contributed by atoms with van der Waals surface area (Å²) in [6.45, 7) is 3.30. The third-order valence-corrected chi connectivity index (χ3v) is 7.13. The zero-order valence-electron chi connectivity index (χ0n) is 22.1. The molecule has 218 valence electrons. The van der Waals surface area contributed by atoms with Crippen LogP contribution in [0.5, 0.6) is 0 Å². The predicted molar refractivity (Wildman–Crippen MR) is 142 cm³/mol. The van der Waals surface area contributed by atoms with E-state index in [0.29, 0.717) is 27.1 Å². The first kappa shape index (κ1) is 28.7. The number of hydrogen-bond acceptors (Lipinski definition) is 7. The second kappa shape index (κ2) is 10.2. The van der Waals surface area contributed by atoms with E-state index in [1.54, 1.807) is 26.0 Å². The monoisotopic (exact) mass is 597 g/mol. The lowest BCUT2D eigenvalue weighted by Gasteiger charge is -2.33. The van der Waals surface area contributed by atoms with Crippen LogP contribution in [0.15, 0.2) is 30.5 Å². The van der Waals surface area contributed by atoms with Crippen molar-refractivity contribution in [1.82, 2.24) is 24.4 Å². The van der Waals surface area contributed by atoms with Crippen molar-refractivity contribution in [3.8, 4) is 0 Å². The largest absolute Gasteiger partial charge is 0.434 e. The van der Waals surface area contributed by atoms with Crippen LogP contribution in [0.25, 0.3) is 16.6 Å². The molecule has 0 unspecified atom stereocenters. The van der Waals surface area contributed by atoms with Crippen molar-refractivity contribution in [3.63, 3.8) is 0 Å². The van der Waals surface area contributed by atoms with Crippen molar-refractivity contribution >= 4 is 45.7 Å². The van der Waals surface area contributed by atoms with E-state index >= 15 is 0 Å². The number of rotatable bonds is 5. The van der Waals surface area contributed by atoms with Crippen molar-refractivity contribution in [2.45, 2.75) is 44.8 Å². The van der Waals surface area contributed by atoms with Gasteiger partial charge in [-0.15, -0.1) is 0 Å². The maximum atomic E-state index is 13.9. The molecule has 1 fully saturated rings. The molecule has 2 N–H and O–H groups in total. The van der Waals surface area contributed by atoms with Crippen LogP contribution in [-0.4, -0.2) is 61.6 Å². The summed E-state index contributed by atoms with van der Waals surface area (Å²) in [5.74, 6) is -3.63. The van der Waals surface area contributed by atoms with Crippen LogP contribution in [-0.2, 0) is 6.18 Å². The van der Waals surface area contributed by atoms with Gasteiger partial charge >= 0.3 is 6.18 Å². The molecule has 1 atom stereocenters. The van der Waals surface area contributed by atoms with Gasteiger partial charge in [0.15, 0.2) is 11.4 Å². The lowest BCUT2D eigenvalue weighted by molar-refractivity contribution is -0.140. The van der Waals surface area contributed by atoms with Gasteiger partial charge in [0.1, 0.15) is 10.8 Å². The first-order chi connectivity index (χ1) is 19.1. The number of alkyl halides is 5. The Balaban J connectivity index is 1.68. The van der Waals surface area contributed by atoms with Crippen LogP contribution < -0.4 is 10.2 Å². The van der Waals surface area contributed by atoms with Gasteiger partial charge in [-0.1, -0.05) is 17.7 Å². The Hall–Kier alpha value is -3.78. The predicted octanol–water partition coefficient (Wildman–Crippen LogP) is 6.13. The number of anilines is 2. The number of piperidine rings is 1. The highest BCUT2D eigenvalue weighted by Crippen LogP contribution is 2.37. The molecule has 5 rings (SSSR count). The second-order valence-corrected chi connectivity index (χ2v) is 10.4. The van der Waals surface area contributed by atoms with E-state index in [9.17, 15) is 32.0 Å². The molecule has 3 aromatic heterocycles. The molecule has 0 spiro atoms. The van der Waals surface area contributed by atoms with Crippen LogP contribution in [0.4, 0.5) is 33.6 Å². The number of carbonyl (C=O) groups excluding carboxylic acids is 1. The molecular weight excluding hydrogens is 573 g/mol. The van der Waals surface area contributed by atoms with E-state index in [2.05, 4.69) is 15.3 Å². The number of imidazole rings is 1. The van der Waals surface area contributed by atoms with E-state index in [0.717, 1.165) is 13.2 Å². The molecule has 4 aromatic rings. The highest BCUT2D eigenvalue weighted by atomic mass is 35.5. The van der Waals surface area contributed by atoms with E-state index < -0.39 is 42.6 Å². The zero-order chi connectivity index (χ0) is 29.9. The van der Waals surface area contributed by atoms with E-state index in [1.165, 1.54) is 21.4 Å². The van der Waals surface area contributed by atoms with Crippen LogP contribution >= 0.6 is 11.6 Å². The van der Waals surface area contributed by atoms with Gasteiger partial charge in [0.2, 0.25) is 5.95 Å². The molecule has 0 saturated carbocycles. The van der Waals surface area contributed by atoms with Crippen molar-refractivity contribution in [2.24, 2.45) is 0 Å². The number of halogens is 6. The summed E-state index contributed by atoms with van der Waals surface area (Å²) in [4.78, 5) is 26.7. The van der Waals surface area contributed by atoms with Gasteiger partial charge in [-0.3, -0.25) is 14.4 Å². The van der Waals surface area contributed by atoms with Gasteiger partial charge in [-0.25, -0.2) is 28.8 Å². The average molecular weight is 598 g/mol. The number of nitrogens with zero attached hydrogens (tertiary/aromatic N) is 6. The summed E-state index contributed by atoms with van der Waals surface area (Å²) in [6.07, 6.45) is -4.84. The standard InChI is InChI=1S/C26H25ClF5N7O2/c1-13-10-15(14(2)33-17-4-5-19(27)35-21(17)23(40)37(3)41)20-16(11-13)22-34-18(26(30,31)32)12-39(22)24(36-20)38-8-6-25(28,29)7-9-38/h4-5,10-12,14,33,41H,6-9H2,1-3H3/t14-/m1/s1. The van der Waals surface area contributed by atoms with Gasteiger partial charge in [0.25, 0.3) is 11.8 Å². The molecular formula is C26H25ClF5N7O2. The molecule has 1 aromatic carbocycles. The number of pyridine rings is 1. The summed E-state index contributed by atoms with van der Waals surface area (Å²) in [6, 6.07) is 5.81. The number of nitrogens with one attached hydrogen (secondary N) is 1. The van der Waals surface area contributed by atoms with Crippen LogP contribution in [0.1, 0.15) is 53.1 Å². The van der Waals surface area contributed by atoms with Crippen molar-refractivity contribution in [1.29, 1.82) is 0 Å². The van der Waals surface area contributed by atoms with Crippen molar-refractivity contribution in [3.05, 3.63) is 58.1 Å². The average Bonchev–Trinajstić information content (AvgIpc) is 3.35. The molecule has 1 aliphatic heterocycles. The lowest BCUT2D eigenvalue weighted by atomic mass is 10.0. The molecule has 9 nitrogen and oxygen atoms in total. The van der Waals surface area contributed by atoms with Crippen LogP contribution in [0, 0.1) is 6.92 Å². The fraction of sp³-hybridized carbons (Fsp3) is 0.385. The molecule has 1 saturated heterocycles. The SMILES string of the molecule is Cc1cc([C@@H](C)Nc2ccc(Cl)nc2C(=O)N(C)O)c2nc(N3CCC(F)(F)CC3)n3cc(C(F)(F)F)nc3c2c1. The maximum Gasteiger partial charge on any atom is 0.434 e. The lowest BCUT2D eigenvalue weighted by Crippen LogP contribution is -2.40. The normalized spacial score (nSPS) is 16.3. The number of amides is 1. The van der Waals surface area contributed by atoms with Gasteiger partial charge < -0.3 is 10.2 Å². The molecule has 15 heteroatoms. The topological polar surface area (TPSA) is 98.9 Å². The smallest absolute Gasteiger partial charge is 0.377 e. The Kier molecular flexibility index (Phi) is 7.18. The molecule has 1 aliphatic rings. The number of hydrogen-bond donors (Lipinski definition) is 2. The first-order valence-electron chi connectivity index (χ1n) is 12.6. The summed E-state index contributed by atoms with van der Waals surface area (Å²) in [7, 11) is 1.14. The molecule has 0 bridgehead atoms. The van der Waals surface area contributed by atoms with Crippen LogP contribution in [0.3, 0.4) is 0 Å². The zero-order valence-corrected chi connectivity index (χ0v) is 22.9. The van der Waals surface area contributed by atoms with Crippen molar-refractivity contribution in [2.75, 3.05) is 30.4 Å². The van der Waals surface area contributed by atoms with Crippen LogP contribution in [0.2, 0.25) is 5.15 Å². The minimum atomic E-state index is -4.74. The van der Waals surface area contributed by atoms with Gasteiger partial charge in [0.05, 0.1) is 17.2 Å². The summed E-state index contributed by atoms with van der Waals surface area (Å²) in [5, 5.41) is 13.6. The number of benzene rings is 1. The number of aromatic nitrogens is 4. The van der Waals surface area contributed by atoms with Gasteiger partial charge in [-0.2, -0.15) is 13.2 Å². The quantitative estimate of drug-likeness (QED) is 0.124. The van der Waals surface area contributed by atoms with Crippen molar-refractivity contribution < 1.29 is 32.0 Å². The third kappa shape index (κ3) is 5.58. The van der Waals surface area contributed by atoms with E-state index in [1.807, 2.05) is 0 Å². The van der Waals surface area contributed by atoms with Gasteiger partial charge in [0, 0.05) is 50.1 Å². The summed E-state index contributed by atoms with van der Waals surface area (Å²) in [5.41, 5.74) is 0.498. The summed E-state index contributed by atoms with van der Waals surface area (Å²) >= 11 is 5.97. The Morgan fingerprint density at radius 1 is 1.17 bits per heavy atom. The number of fused-ring (bicyclic) bond motifs is 3. The Labute approximate surface area is 235 Å². The minimum Gasteiger partial charge on any atom is -0.377 e. The second-order valence-electron chi connectivity index (χ2n) is 10.0. The number of hydroxylamine groups is 2.